The van der Waals surface area contributed by atoms with Crippen molar-refractivity contribution < 1.29 is 29.0 Å². The monoisotopic (exact) mass is 476 g/mol. The van der Waals surface area contributed by atoms with E-state index in [1.807, 2.05) is 20.8 Å². The number of ether oxygens (including phenoxy) is 2. The lowest BCUT2D eigenvalue weighted by Crippen LogP contribution is -2.60. The Morgan fingerprint density at radius 3 is 2.59 bits per heavy atom. The van der Waals surface area contributed by atoms with Gasteiger partial charge in [-0.25, -0.2) is 0 Å². The molecule has 3 unspecified atom stereocenters. The standard InChI is InChI=1S/C26H40N2O6/c1-7-10-17(6)27(13-8-2)24(31)22-26-12-11-19(34-26)20(25(32)33-14-9-3)21(26)23(30)28(22)18(15-29)16(4)5/h8-9,16-22,29H,2-3,7,10-15H2,1,4-6H3/t17?,18-,19-,20+,21-,22?,26?/m0/s1. The fourth-order valence-corrected chi connectivity index (χ4v) is 6.21. The highest BCUT2D eigenvalue weighted by Crippen LogP contribution is 2.59. The van der Waals surface area contributed by atoms with Crippen LogP contribution in [0.1, 0.15) is 53.4 Å². The maximum atomic E-state index is 14.2. The average molecular weight is 477 g/mol. The van der Waals surface area contributed by atoms with Crippen molar-refractivity contribution in [3.63, 3.8) is 0 Å². The second-order valence-corrected chi connectivity index (χ2v) is 10.1. The number of likely N-dealkylation sites (tertiary alicyclic amines) is 1. The van der Waals surface area contributed by atoms with Gasteiger partial charge in [-0.05, 0) is 32.1 Å². The van der Waals surface area contributed by atoms with Crippen LogP contribution in [-0.2, 0) is 23.9 Å². The number of fused-ring (bicyclic) bond motifs is 1. The van der Waals surface area contributed by atoms with Crippen molar-refractivity contribution in [1.29, 1.82) is 0 Å². The molecule has 3 saturated heterocycles. The molecule has 0 aliphatic carbocycles. The molecule has 0 radical (unpaired) electrons. The van der Waals surface area contributed by atoms with Gasteiger partial charge in [0.25, 0.3) is 0 Å². The number of amides is 2. The third-order valence-electron chi connectivity index (χ3n) is 7.75. The second-order valence-electron chi connectivity index (χ2n) is 10.1. The lowest BCUT2D eigenvalue weighted by molar-refractivity contribution is -0.157. The Kier molecular flexibility index (Phi) is 8.24. The molecule has 0 aromatic heterocycles. The van der Waals surface area contributed by atoms with Crippen LogP contribution >= 0.6 is 0 Å². The van der Waals surface area contributed by atoms with Crippen molar-refractivity contribution in [3.05, 3.63) is 25.3 Å². The van der Waals surface area contributed by atoms with Gasteiger partial charge in [0.1, 0.15) is 18.2 Å². The Bertz CT molecular complexity index is 813. The highest BCUT2D eigenvalue weighted by atomic mass is 16.6. The zero-order valence-electron chi connectivity index (χ0n) is 20.9. The normalized spacial score (nSPS) is 31.4. The van der Waals surface area contributed by atoms with E-state index in [0.29, 0.717) is 19.4 Å². The molecule has 0 saturated carbocycles. The lowest BCUT2D eigenvalue weighted by atomic mass is 9.70. The summed E-state index contributed by atoms with van der Waals surface area (Å²) in [5.74, 6) is -2.69. The summed E-state index contributed by atoms with van der Waals surface area (Å²) < 4.78 is 11.8. The van der Waals surface area contributed by atoms with Crippen molar-refractivity contribution in [2.75, 3.05) is 19.8 Å². The minimum atomic E-state index is -1.11. The highest BCUT2D eigenvalue weighted by molar-refractivity contribution is 5.98. The van der Waals surface area contributed by atoms with E-state index in [0.717, 1.165) is 12.8 Å². The number of carbonyl (C=O) groups is 3. The minimum absolute atomic E-state index is 0.0505. The average Bonchev–Trinajstić information content (AvgIpc) is 3.43. The zero-order valence-corrected chi connectivity index (χ0v) is 20.9. The molecule has 3 fully saturated rings. The number of hydrogen-bond donors (Lipinski definition) is 1. The molecule has 1 spiro atoms. The first kappa shape index (κ1) is 26.4. The van der Waals surface area contributed by atoms with Crippen molar-refractivity contribution >= 4 is 17.8 Å². The third-order valence-corrected chi connectivity index (χ3v) is 7.75. The zero-order chi connectivity index (χ0) is 25.2. The van der Waals surface area contributed by atoms with Crippen LogP contribution in [0.2, 0.25) is 0 Å². The van der Waals surface area contributed by atoms with Gasteiger partial charge in [0.15, 0.2) is 0 Å². The number of esters is 1. The fraction of sp³-hybridized carbons (Fsp3) is 0.731. The molecule has 7 atom stereocenters. The Morgan fingerprint density at radius 2 is 2.03 bits per heavy atom. The summed E-state index contributed by atoms with van der Waals surface area (Å²) >= 11 is 0. The van der Waals surface area contributed by atoms with Crippen molar-refractivity contribution in [3.8, 4) is 0 Å². The van der Waals surface area contributed by atoms with Gasteiger partial charge in [0.05, 0.1) is 30.6 Å². The van der Waals surface area contributed by atoms with Crippen LogP contribution < -0.4 is 0 Å². The van der Waals surface area contributed by atoms with Crippen LogP contribution in [0.15, 0.2) is 25.3 Å². The van der Waals surface area contributed by atoms with E-state index in [1.165, 1.54) is 11.0 Å². The highest BCUT2D eigenvalue weighted by Gasteiger charge is 2.75. The molecule has 2 amide bonds. The Hall–Kier alpha value is -2.19. The number of aliphatic hydroxyl groups excluding tert-OH is 1. The second kappa shape index (κ2) is 10.6. The molecule has 1 N–H and O–H groups in total. The summed E-state index contributed by atoms with van der Waals surface area (Å²) in [6.45, 7) is 15.4. The van der Waals surface area contributed by atoms with E-state index in [9.17, 15) is 19.5 Å². The van der Waals surface area contributed by atoms with Gasteiger partial charge in [-0.2, -0.15) is 0 Å². The third kappa shape index (κ3) is 4.19. The molecule has 2 bridgehead atoms. The van der Waals surface area contributed by atoms with Gasteiger partial charge >= 0.3 is 5.97 Å². The molecule has 0 aromatic carbocycles. The first-order chi connectivity index (χ1) is 16.2. The topological polar surface area (TPSA) is 96.4 Å². The van der Waals surface area contributed by atoms with Gasteiger partial charge in [-0.15, -0.1) is 6.58 Å². The van der Waals surface area contributed by atoms with Gasteiger partial charge in [0.2, 0.25) is 11.8 Å². The van der Waals surface area contributed by atoms with E-state index in [2.05, 4.69) is 20.1 Å². The summed E-state index contributed by atoms with van der Waals surface area (Å²) in [4.78, 5) is 44.5. The van der Waals surface area contributed by atoms with E-state index >= 15 is 0 Å². The van der Waals surface area contributed by atoms with Crippen LogP contribution in [0.25, 0.3) is 0 Å². The number of carbonyl (C=O) groups excluding carboxylic acids is 3. The molecule has 8 nitrogen and oxygen atoms in total. The van der Waals surface area contributed by atoms with Crippen molar-refractivity contribution in [2.24, 2.45) is 17.8 Å². The molecule has 3 heterocycles. The first-order valence-corrected chi connectivity index (χ1v) is 12.5. The van der Waals surface area contributed by atoms with Crippen LogP contribution in [-0.4, -0.2) is 82.3 Å². The fourth-order valence-electron chi connectivity index (χ4n) is 6.21. The molecule has 3 aliphatic heterocycles. The van der Waals surface area contributed by atoms with E-state index in [4.69, 9.17) is 9.47 Å². The van der Waals surface area contributed by atoms with Crippen LogP contribution in [0.3, 0.4) is 0 Å². The maximum Gasteiger partial charge on any atom is 0.312 e. The summed E-state index contributed by atoms with van der Waals surface area (Å²) in [6, 6.07) is -1.53. The summed E-state index contributed by atoms with van der Waals surface area (Å²) in [5.41, 5.74) is -1.11. The summed E-state index contributed by atoms with van der Waals surface area (Å²) in [6.07, 6.45) is 5.51. The quantitative estimate of drug-likeness (QED) is 0.343. The van der Waals surface area contributed by atoms with Gasteiger partial charge < -0.3 is 24.4 Å². The smallest absolute Gasteiger partial charge is 0.312 e. The number of nitrogens with zero attached hydrogens (tertiary/aromatic N) is 2. The number of rotatable bonds is 12. The molecule has 3 rings (SSSR count). The molecule has 3 aliphatic rings. The Balaban J connectivity index is 2.09. The van der Waals surface area contributed by atoms with Crippen molar-refractivity contribution in [2.45, 2.75) is 83.2 Å². The number of hydrogen-bond acceptors (Lipinski definition) is 6. The summed E-state index contributed by atoms with van der Waals surface area (Å²) in [5, 5.41) is 10.3. The lowest BCUT2D eigenvalue weighted by Gasteiger charge is -2.41. The maximum absolute atomic E-state index is 14.2. The minimum Gasteiger partial charge on any atom is -0.461 e. The first-order valence-electron chi connectivity index (χ1n) is 12.5. The van der Waals surface area contributed by atoms with E-state index < -0.39 is 41.6 Å². The Labute approximate surface area is 202 Å². The van der Waals surface area contributed by atoms with E-state index in [-0.39, 0.29) is 37.0 Å². The molecular formula is C26H40N2O6. The molecule has 0 aromatic rings. The van der Waals surface area contributed by atoms with Crippen molar-refractivity contribution in [1.82, 2.24) is 9.80 Å². The van der Waals surface area contributed by atoms with Gasteiger partial charge in [-0.3, -0.25) is 14.4 Å². The molecule has 8 heteroatoms. The van der Waals surface area contributed by atoms with E-state index in [1.54, 1.807) is 11.0 Å². The van der Waals surface area contributed by atoms with Crippen LogP contribution in [0.4, 0.5) is 0 Å². The van der Waals surface area contributed by atoms with Crippen LogP contribution in [0.5, 0.6) is 0 Å². The summed E-state index contributed by atoms with van der Waals surface area (Å²) in [7, 11) is 0. The largest absolute Gasteiger partial charge is 0.461 e. The van der Waals surface area contributed by atoms with Gasteiger partial charge in [-0.1, -0.05) is 45.9 Å². The molecular weight excluding hydrogens is 436 g/mol. The molecule has 190 valence electrons. The number of aliphatic hydroxyl groups is 1. The predicted octanol–water partition coefficient (Wildman–Crippen LogP) is 2.31. The van der Waals surface area contributed by atoms with Crippen LogP contribution in [0, 0.1) is 17.8 Å². The molecule has 34 heavy (non-hydrogen) atoms. The van der Waals surface area contributed by atoms with Gasteiger partial charge in [0, 0.05) is 12.6 Å². The SMILES string of the molecule is C=CCOC(=O)[C@@H]1[C@@H]2CCC3(O2)C(C(=O)N(CC=C)C(C)CCC)N([C@@H](CO)C(C)C)C(=O)[C@H]13. The predicted molar refractivity (Wildman–Crippen MR) is 128 cm³/mol. The Morgan fingerprint density at radius 1 is 1.32 bits per heavy atom.